The van der Waals surface area contributed by atoms with Crippen LogP contribution in [0.3, 0.4) is 0 Å². The molecule has 1 saturated heterocycles. The summed E-state index contributed by atoms with van der Waals surface area (Å²) >= 11 is 0. The Balaban J connectivity index is 0.00000320. The highest BCUT2D eigenvalue weighted by Gasteiger charge is 2.40. The zero-order valence-electron chi connectivity index (χ0n) is 17.8. The van der Waals surface area contributed by atoms with Gasteiger partial charge in [-0.05, 0) is 56.1 Å². The van der Waals surface area contributed by atoms with Crippen molar-refractivity contribution in [3.63, 3.8) is 0 Å². The van der Waals surface area contributed by atoms with Crippen molar-refractivity contribution in [2.24, 2.45) is 0 Å². The third-order valence-electron chi connectivity index (χ3n) is 5.49. The Hall–Kier alpha value is -2.28. The molecule has 1 amide bonds. The van der Waals surface area contributed by atoms with E-state index in [2.05, 4.69) is 10.6 Å². The molecule has 0 bridgehead atoms. The second-order valence-electron chi connectivity index (χ2n) is 7.33. The summed E-state index contributed by atoms with van der Waals surface area (Å²) in [6.07, 6.45) is 1.33. The maximum Gasteiger partial charge on any atom is 0.252 e. The Kier molecular flexibility index (Phi) is 8.96. The molecular formula is C23H31ClN2O4. The molecule has 7 heteroatoms. The minimum atomic E-state index is -0.762. The van der Waals surface area contributed by atoms with Crippen LogP contribution >= 0.6 is 12.4 Å². The van der Waals surface area contributed by atoms with Gasteiger partial charge in [0.15, 0.2) is 11.5 Å². The van der Waals surface area contributed by atoms with Crippen molar-refractivity contribution in [2.75, 3.05) is 27.3 Å². The lowest BCUT2D eigenvalue weighted by molar-refractivity contribution is -0.147. The minimum absolute atomic E-state index is 0. The molecule has 2 aromatic carbocycles. The Morgan fingerprint density at radius 2 is 1.80 bits per heavy atom. The topological polar surface area (TPSA) is 68.8 Å². The maximum absolute atomic E-state index is 12.9. The van der Waals surface area contributed by atoms with Gasteiger partial charge in [-0.2, -0.15) is 0 Å². The molecule has 0 aromatic heterocycles. The number of methoxy groups -OCH3 is 2. The van der Waals surface area contributed by atoms with E-state index in [1.54, 1.807) is 14.2 Å². The average Bonchev–Trinajstić information content (AvgIpc) is 2.78. The van der Waals surface area contributed by atoms with E-state index in [4.69, 9.17) is 14.2 Å². The average molecular weight is 435 g/mol. The van der Waals surface area contributed by atoms with Crippen LogP contribution in [-0.4, -0.2) is 38.8 Å². The number of piperidine rings is 1. The number of amides is 1. The van der Waals surface area contributed by atoms with Gasteiger partial charge in [-0.15, -0.1) is 12.4 Å². The van der Waals surface area contributed by atoms with Gasteiger partial charge in [-0.3, -0.25) is 4.79 Å². The fourth-order valence-corrected chi connectivity index (χ4v) is 3.57. The number of rotatable bonds is 8. The predicted octanol–water partition coefficient (Wildman–Crippen LogP) is 3.64. The van der Waals surface area contributed by atoms with Crippen LogP contribution in [0.1, 0.15) is 36.9 Å². The zero-order valence-corrected chi connectivity index (χ0v) is 18.6. The normalized spacial score (nSPS) is 16.1. The molecule has 1 aliphatic rings. The molecule has 0 spiro atoms. The third kappa shape index (κ3) is 5.65. The molecular weight excluding hydrogens is 404 g/mol. The van der Waals surface area contributed by atoms with Crippen LogP contribution in [0.15, 0.2) is 48.5 Å². The first-order valence-corrected chi connectivity index (χ1v) is 9.99. The molecule has 1 unspecified atom stereocenters. The van der Waals surface area contributed by atoms with Crippen LogP contribution in [0.2, 0.25) is 0 Å². The van der Waals surface area contributed by atoms with Gasteiger partial charge in [0, 0.05) is 7.11 Å². The number of nitrogens with one attached hydrogen (secondary N) is 2. The van der Waals surface area contributed by atoms with Crippen LogP contribution in [0.4, 0.5) is 0 Å². The Morgan fingerprint density at radius 1 is 1.10 bits per heavy atom. The fourth-order valence-electron chi connectivity index (χ4n) is 3.57. The summed E-state index contributed by atoms with van der Waals surface area (Å²) in [5, 5.41) is 6.37. The van der Waals surface area contributed by atoms with Crippen LogP contribution < -0.4 is 20.1 Å². The Morgan fingerprint density at radius 3 is 2.43 bits per heavy atom. The van der Waals surface area contributed by atoms with E-state index in [0.717, 1.165) is 24.2 Å². The summed E-state index contributed by atoms with van der Waals surface area (Å²) < 4.78 is 17.1. The lowest BCUT2D eigenvalue weighted by atomic mass is 9.90. The molecule has 1 atom stereocenters. The van der Waals surface area contributed by atoms with Crippen molar-refractivity contribution in [3.05, 3.63) is 59.7 Å². The van der Waals surface area contributed by atoms with Crippen LogP contribution in [-0.2, 0) is 16.1 Å². The second-order valence-corrected chi connectivity index (χ2v) is 7.33. The number of halogens is 1. The minimum Gasteiger partial charge on any atom is -0.493 e. The number of hydrogen-bond acceptors (Lipinski definition) is 5. The van der Waals surface area contributed by atoms with Crippen LogP contribution in [0.25, 0.3) is 0 Å². The monoisotopic (exact) mass is 434 g/mol. The summed E-state index contributed by atoms with van der Waals surface area (Å²) in [6, 6.07) is 15.6. The second kappa shape index (κ2) is 11.2. The number of carbonyl (C=O) groups is 1. The van der Waals surface area contributed by atoms with Crippen molar-refractivity contribution in [2.45, 2.75) is 38.0 Å². The first-order valence-electron chi connectivity index (χ1n) is 9.99. The van der Waals surface area contributed by atoms with Crippen molar-refractivity contribution in [1.82, 2.24) is 10.6 Å². The maximum atomic E-state index is 12.9. The van der Waals surface area contributed by atoms with E-state index < -0.39 is 5.60 Å². The van der Waals surface area contributed by atoms with E-state index in [1.807, 2.05) is 55.5 Å². The van der Waals surface area contributed by atoms with Gasteiger partial charge in [0.05, 0.1) is 13.2 Å². The molecule has 30 heavy (non-hydrogen) atoms. The van der Waals surface area contributed by atoms with Gasteiger partial charge in [0.25, 0.3) is 5.91 Å². The molecule has 2 N–H and O–H groups in total. The summed E-state index contributed by atoms with van der Waals surface area (Å²) in [5.41, 5.74) is 1.27. The molecule has 0 aliphatic carbocycles. The molecule has 1 fully saturated rings. The van der Waals surface area contributed by atoms with E-state index in [9.17, 15) is 4.79 Å². The quantitative estimate of drug-likeness (QED) is 0.663. The molecule has 0 saturated carbocycles. The van der Waals surface area contributed by atoms with Gasteiger partial charge in [-0.1, -0.05) is 36.4 Å². The summed E-state index contributed by atoms with van der Waals surface area (Å²) in [5.74, 6) is 1.24. The van der Waals surface area contributed by atoms with E-state index >= 15 is 0 Å². The number of hydrogen-bond donors (Lipinski definition) is 2. The van der Waals surface area contributed by atoms with Crippen LogP contribution in [0, 0.1) is 0 Å². The highest BCUT2D eigenvalue weighted by Crippen LogP contribution is 2.31. The van der Waals surface area contributed by atoms with Crippen molar-refractivity contribution >= 4 is 18.3 Å². The number of ether oxygens (including phenoxy) is 3. The summed E-state index contributed by atoms with van der Waals surface area (Å²) in [4.78, 5) is 12.9. The van der Waals surface area contributed by atoms with Gasteiger partial charge >= 0.3 is 0 Å². The smallest absolute Gasteiger partial charge is 0.252 e. The Bertz CT molecular complexity index is 810. The molecule has 1 aliphatic heterocycles. The largest absolute Gasteiger partial charge is 0.493 e. The SMILES string of the molecule is COc1cc(C(C)NC(=O)C2(OC)CCNCC2)ccc1OCc1ccccc1.Cl. The van der Waals surface area contributed by atoms with Gasteiger partial charge in [0.2, 0.25) is 0 Å². The van der Waals surface area contributed by atoms with Crippen molar-refractivity contribution < 1.29 is 19.0 Å². The highest BCUT2D eigenvalue weighted by atomic mass is 35.5. The number of benzene rings is 2. The predicted molar refractivity (Wildman–Crippen MR) is 119 cm³/mol. The zero-order chi connectivity index (χ0) is 20.7. The molecule has 1 heterocycles. The first-order chi connectivity index (χ1) is 14.1. The lowest BCUT2D eigenvalue weighted by Gasteiger charge is -2.35. The van der Waals surface area contributed by atoms with Crippen molar-refractivity contribution in [3.8, 4) is 11.5 Å². The summed E-state index contributed by atoms with van der Waals surface area (Å²) in [6.45, 7) is 3.97. The molecule has 164 valence electrons. The lowest BCUT2D eigenvalue weighted by Crippen LogP contribution is -2.54. The molecule has 3 rings (SSSR count). The highest BCUT2D eigenvalue weighted by molar-refractivity contribution is 5.86. The van der Waals surface area contributed by atoms with Crippen LogP contribution in [0.5, 0.6) is 11.5 Å². The first kappa shape index (κ1) is 24.0. The Labute approximate surface area is 184 Å². The fraction of sp³-hybridized carbons (Fsp3) is 0.435. The third-order valence-corrected chi connectivity index (χ3v) is 5.49. The molecule has 0 radical (unpaired) electrons. The van der Waals surface area contributed by atoms with Gasteiger partial charge in [0.1, 0.15) is 12.2 Å². The molecule has 2 aromatic rings. The summed E-state index contributed by atoms with van der Waals surface area (Å²) in [7, 11) is 3.23. The number of carbonyl (C=O) groups excluding carboxylic acids is 1. The standard InChI is InChI=1S/C23H30N2O4.ClH/c1-17(25-22(26)23(28-3)11-13-24-14-12-23)19-9-10-20(21(15-19)27-2)29-16-18-7-5-4-6-8-18;/h4-10,15,17,24H,11-14,16H2,1-3H3,(H,25,26);1H. The van der Waals surface area contributed by atoms with Gasteiger partial charge in [-0.25, -0.2) is 0 Å². The molecule has 6 nitrogen and oxygen atoms in total. The van der Waals surface area contributed by atoms with Gasteiger partial charge < -0.3 is 24.8 Å². The van der Waals surface area contributed by atoms with E-state index in [1.165, 1.54) is 0 Å². The van der Waals surface area contributed by atoms with E-state index in [0.29, 0.717) is 30.9 Å². The van der Waals surface area contributed by atoms with Crippen molar-refractivity contribution in [1.29, 1.82) is 0 Å². The van der Waals surface area contributed by atoms with E-state index in [-0.39, 0.29) is 24.4 Å².